The second kappa shape index (κ2) is 3.94. The Morgan fingerprint density at radius 1 is 1.31 bits per heavy atom. The highest BCUT2D eigenvalue weighted by atomic mass is 16.1. The van der Waals surface area contributed by atoms with Gasteiger partial charge in [-0.1, -0.05) is 36.4 Å². The van der Waals surface area contributed by atoms with Gasteiger partial charge in [-0.25, -0.2) is 0 Å². The number of rotatable bonds is 2. The van der Waals surface area contributed by atoms with Crippen LogP contribution >= 0.6 is 0 Å². The first kappa shape index (κ1) is 10.6. The van der Waals surface area contributed by atoms with Crippen molar-refractivity contribution in [2.24, 2.45) is 5.73 Å². The van der Waals surface area contributed by atoms with Gasteiger partial charge >= 0.3 is 0 Å². The SMILES string of the molecule is Nc1cccc(C(=O)C2(N)C=CC=CC2)c1. The van der Waals surface area contributed by atoms with Crippen molar-refractivity contribution < 1.29 is 4.79 Å². The van der Waals surface area contributed by atoms with Gasteiger partial charge in [0.05, 0.1) is 0 Å². The average Bonchev–Trinajstić information content (AvgIpc) is 2.29. The largest absolute Gasteiger partial charge is 0.399 e. The number of anilines is 1. The summed E-state index contributed by atoms with van der Waals surface area (Å²) in [7, 11) is 0. The van der Waals surface area contributed by atoms with Gasteiger partial charge in [-0.15, -0.1) is 0 Å². The molecule has 3 heteroatoms. The third-order valence-corrected chi connectivity index (χ3v) is 2.67. The van der Waals surface area contributed by atoms with Gasteiger partial charge < -0.3 is 11.5 Å². The van der Waals surface area contributed by atoms with Crippen LogP contribution in [0.1, 0.15) is 16.8 Å². The summed E-state index contributed by atoms with van der Waals surface area (Å²) in [6, 6.07) is 6.90. The first-order valence-electron chi connectivity index (χ1n) is 5.15. The summed E-state index contributed by atoms with van der Waals surface area (Å²) in [6.45, 7) is 0. The number of nitrogen functional groups attached to an aromatic ring is 1. The van der Waals surface area contributed by atoms with Crippen LogP contribution in [0, 0.1) is 0 Å². The molecule has 0 fully saturated rings. The highest BCUT2D eigenvalue weighted by Crippen LogP contribution is 2.21. The number of hydrogen-bond donors (Lipinski definition) is 2. The second-order valence-corrected chi connectivity index (χ2v) is 3.99. The molecule has 4 N–H and O–H groups in total. The molecule has 16 heavy (non-hydrogen) atoms. The number of allylic oxidation sites excluding steroid dienone is 2. The van der Waals surface area contributed by atoms with Gasteiger partial charge in [0, 0.05) is 11.3 Å². The van der Waals surface area contributed by atoms with E-state index in [9.17, 15) is 4.79 Å². The Morgan fingerprint density at radius 2 is 2.12 bits per heavy atom. The molecule has 0 aromatic heterocycles. The number of carbonyl (C=O) groups is 1. The summed E-state index contributed by atoms with van der Waals surface area (Å²) >= 11 is 0. The minimum Gasteiger partial charge on any atom is -0.399 e. The van der Waals surface area contributed by atoms with Crippen LogP contribution in [0.2, 0.25) is 0 Å². The molecule has 0 spiro atoms. The van der Waals surface area contributed by atoms with Crippen LogP contribution < -0.4 is 11.5 Å². The Bertz CT molecular complexity index is 477. The first-order chi connectivity index (χ1) is 7.62. The molecule has 0 aliphatic heterocycles. The van der Waals surface area contributed by atoms with Gasteiger partial charge in [-0.3, -0.25) is 4.79 Å². The Morgan fingerprint density at radius 3 is 2.75 bits per heavy atom. The van der Waals surface area contributed by atoms with Crippen molar-refractivity contribution in [3.8, 4) is 0 Å². The fraction of sp³-hybridized carbons (Fsp3) is 0.154. The van der Waals surface area contributed by atoms with Crippen LogP contribution in [0.4, 0.5) is 5.69 Å². The van der Waals surface area contributed by atoms with Crippen molar-refractivity contribution in [3.63, 3.8) is 0 Å². The topological polar surface area (TPSA) is 69.1 Å². The first-order valence-corrected chi connectivity index (χ1v) is 5.15. The van der Waals surface area contributed by atoms with Gasteiger partial charge in [0.15, 0.2) is 5.78 Å². The van der Waals surface area contributed by atoms with Gasteiger partial charge in [0.2, 0.25) is 0 Å². The summed E-state index contributed by atoms with van der Waals surface area (Å²) < 4.78 is 0. The summed E-state index contributed by atoms with van der Waals surface area (Å²) in [5.41, 5.74) is 11.9. The van der Waals surface area contributed by atoms with E-state index in [0.717, 1.165) is 0 Å². The number of nitrogens with two attached hydrogens (primary N) is 2. The monoisotopic (exact) mass is 214 g/mol. The van der Waals surface area contributed by atoms with Crippen LogP contribution in [0.15, 0.2) is 48.6 Å². The van der Waals surface area contributed by atoms with E-state index in [1.807, 2.05) is 12.2 Å². The van der Waals surface area contributed by atoms with Crippen LogP contribution in [-0.2, 0) is 0 Å². The molecule has 1 aliphatic rings. The van der Waals surface area contributed by atoms with Gasteiger partial charge in [-0.05, 0) is 18.6 Å². The second-order valence-electron chi connectivity index (χ2n) is 3.99. The molecule has 1 atom stereocenters. The van der Waals surface area contributed by atoms with Crippen LogP contribution in [0.3, 0.4) is 0 Å². The van der Waals surface area contributed by atoms with E-state index in [4.69, 9.17) is 11.5 Å². The average molecular weight is 214 g/mol. The van der Waals surface area contributed by atoms with Gasteiger partial charge in [0.25, 0.3) is 0 Å². The lowest BCUT2D eigenvalue weighted by molar-refractivity contribution is 0.0921. The predicted molar refractivity (Wildman–Crippen MR) is 65.0 cm³/mol. The summed E-state index contributed by atoms with van der Waals surface area (Å²) in [5, 5.41) is 0. The molecular formula is C13H14N2O. The zero-order valence-electron chi connectivity index (χ0n) is 8.89. The number of hydrogen-bond acceptors (Lipinski definition) is 3. The van der Waals surface area contributed by atoms with Crippen molar-refractivity contribution >= 4 is 11.5 Å². The van der Waals surface area contributed by atoms with E-state index in [2.05, 4.69) is 0 Å². The minimum absolute atomic E-state index is 0.0969. The fourth-order valence-corrected chi connectivity index (χ4v) is 1.75. The highest BCUT2D eigenvalue weighted by molar-refractivity contribution is 6.05. The Hall–Kier alpha value is -1.87. The van der Waals surface area contributed by atoms with Crippen molar-refractivity contribution in [2.45, 2.75) is 12.0 Å². The summed E-state index contributed by atoms with van der Waals surface area (Å²) in [6.07, 6.45) is 7.84. The third kappa shape index (κ3) is 1.90. The third-order valence-electron chi connectivity index (χ3n) is 2.67. The maximum absolute atomic E-state index is 12.2. The van der Waals surface area contributed by atoms with E-state index in [1.165, 1.54) is 0 Å². The van der Waals surface area contributed by atoms with E-state index < -0.39 is 5.54 Å². The molecule has 0 radical (unpaired) electrons. The molecule has 0 saturated heterocycles. The molecule has 3 nitrogen and oxygen atoms in total. The Labute approximate surface area is 94.4 Å². The van der Waals surface area contributed by atoms with Crippen molar-refractivity contribution in [2.75, 3.05) is 5.73 Å². The quantitative estimate of drug-likeness (QED) is 0.581. The molecule has 0 bridgehead atoms. The molecule has 1 aromatic carbocycles. The van der Waals surface area contributed by atoms with E-state index in [1.54, 1.807) is 36.4 Å². The molecule has 0 saturated carbocycles. The maximum atomic E-state index is 12.2. The molecular weight excluding hydrogens is 200 g/mol. The molecule has 2 rings (SSSR count). The molecule has 1 unspecified atom stereocenters. The predicted octanol–water partition coefficient (Wildman–Crippen LogP) is 1.67. The maximum Gasteiger partial charge on any atom is 0.186 e. The fourth-order valence-electron chi connectivity index (χ4n) is 1.75. The molecule has 0 amide bonds. The smallest absolute Gasteiger partial charge is 0.186 e. The number of Topliss-reactive ketones (excluding diaryl/α,β-unsaturated/α-hetero) is 1. The minimum atomic E-state index is -0.928. The van der Waals surface area contributed by atoms with Gasteiger partial charge in [0.1, 0.15) is 5.54 Å². The van der Waals surface area contributed by atoms with Crippen LogP contribution in [-0.4, -0.2) is 11.3 Å². The Balaban J connectivity index is 2.32. The normalized spacial score (nSPS) is 23.3. The molecule has 82 valence electrons. The number of carbonyl (C=O) groups excluding carboxylic acids is 1. The Kier molecular flexibility index (Phi) is 2.62. The summed E-state index contributed by atoms with van der Waals surface area (Å²) in [4.78, 5) is 12.2. The van der Waals surface area contributed by atoms with E-state index >= 15 is 0 Å². The van der Waals surface area contributed by atoms with Crippen molar-refractivity contribution in [1.29, 1.82) is 0 Å². The number of benzene rings is 1. The lowest BCUT2D eigenvalue weighted by Gasteiger charge is -2.24. The molecule has 1 aliphatic carbocycles. The molecule has 0 heterocycles. The molecule has 1 aromatic rings. The van der Waals surface area contributed by atoms with E-state index in [-0.39, 0.29) is 5.78 Å². The zero-order chi connectivity index (χ0) is 11.6. The van der Waals surface area contributed by atoms with Crippen LogP contribution in [0.25, 0.3) is 0 Å². The lowest BCUT2D eigenvalue weighted by Crippen LogP contribution is -2.46. The lowest BCUT2D eigenvalue weighted by atomic mass is 9.84. The highest BCUT2D eigenvalue weighted by Gasteiger charge is 2.31. The zero-order valence-corrected chi connectivity index (χ0v) is 8.89. The van der Waals surface area contributed by atoms with Crippen LogP contribution in [0.5, 0.6) is 0 Å². The number of ketones is 1. The van der Waals surface area contributed by atoms with E-state index in [0.29, 0.717) is 17.7 Å². The standard InChI is InChI=1S/C13H14N2O/c14-11-6-4-5-10(9-11)12(16)13(15)7-2-1-3-8-13/h1-7,9H,8,14-15H2. The van der Waals surface area contributed by atoms with Crippen molar-refractivity contribution in [3.05, 3.63) is 54.1 Å². The summed E-state index contributed by atoms with van der Waals surface area (Å²) in [5.74, 6) is -0.0969. The van der Waals surface area contributed by atoms with Crippen molar-refractivity contribution in [1.82, 2.24) is 0 Å². The van der Waals surface area contributed by atoms with Gasteiger partial charge in [-0.2, -0.15) is 0 Å².